The van der Waals surface area contributed by atoms with Gasteiger partial charge in [-0.2, -0.15) is 0 Å². The van der Waals surface area contributed by atoms with Crippen molar-refractivity contribution in [2.75, 3.05) is 5.73 Å². The summed E-state index contributed by atoms with van der Waals surface area (Å²) in [5.74, 6) is 0.614. The van der Waals surface area contributed by atoms with Gasteiger partial charge < -0.3 is 5.73 Å². The number of halogens is 1. The van der Waals surface area contributed by atoms with Crippen LogP contribution in [0.4, 0.5) is 5.82 Å². The van der Waals surface area contributed by atoms with Crippen molar-refractivity contribution < 1.29 is 0 Å². The monoisotopic (exact) mass is 264 g/mol. The second-order valence-corrected chi connectivity index (χ2v) is 4.68. The van der Waals surface area contributed by atoms with Crippen molar-refractivity contribution in [3.63, 3.8) is 0 Å². The second-order valence-electron chi connectivity index (χ2n) is 3.89. The highest BCUT2D eigenvalue weighted by Crippen LogP contribution is 2.29. The van der Waals surface area contributed by atoms with Gasteiger partial charge >= 0.3 is 0 Å². The van der Waals surface area contributed by atoms with E-state index >= 15 is 0 Å². The summed E-state index contributed by atoms with van der Waals surface area (Å²) in [6, 6.07) is 4.15. The molecule has 0 aliphatic heterocycles. The van der Waals surface area contributed by atoms with E-state index in [1.165, 1.54) is 16.5 Å². The Kier molecular flexibility index (Phi) is 2.43. The van der Waals surface area contributed by atoms with Crippen LogP contribution in [0.25, 0.3) is 10.9 Å². The largest absolute Gasteiger partial charge is 0.383 e. The van der Waals surface area contributed by atoms with Gasteiger partial charge in [-0.05, 0) is 49.6 Å². The fourth-order valence-corrected chi connectivity index (χ4v) is 2.06. The molecule has 2 N–H and O–H groups in total. The summed E-state index contributed by atoms with van der Waals surface area (Å²) >= 11 is 3.58. The predicted molar refractivity (Wildman–Crippen MR) is 68.1 cm³/mol. The first kappa shape index (κ1) is 10.4. The predicted octanol–water partition coefficient (Wildman–Crippen LogP) is 3.50. The van der Waals surface area contributed by atoms with Gasteiger partial charge in [-0.15, -0.1) is 0 Å². The van der Waals surface area contributed by atoms with Crippen LogP contribution in [-0.4, -0.2) is 4.98 Å². The summed E-state index contributed by atoms with van der Waals surface area (Å²) in [6.45, 7) is 6.14. The van der Waals surface area contributed by atoms with Crippen LogP contribution in [0.2, 0.25) is 0 Å². The molecule has 0 aliphatic rings. The van der Waals surface area contributed by atoms with E-state index in [0.717, 1.165) is 15.6 Å². The number of fused-ring (bicyclic) bond motifs is 1. The maximum Gasteiger partial charge on any atom is 0.127 e. The third kappa shape index (κ3) is 1.61. The van der Waals surface area contributed by atoms with E-state index < -0.39 is 0 Å². The molecule has 0 saturated carbocycles. The zero-order chi connectivity index (χ0) is 11.2. The average Bonchev–Trinajstić information content (AvgIpc) is 2.19. The van der Waals surface area contributed by atoms with Crippen LogP contribution in [0.3, 0.4) is 0 Å². The van der Waals surface area contributed by atoms with Crippen LogP contribution < -0.4 is 5.73 Å². The number of pyridine rings is 1. The number of aromatic nitrogens is 1. The number of nitrogens with two attached hydrogens (primary N) is 1. The Bertz CT molecular complexity index is 542. The van der Waals surface area contributed by atoms with Gasteiger partial charge in [0.05, 0.1) is 5.52 Å². The lowest BCUT2D eigenvalue weighted by Gasteiger charge is -2.09. The molecule has 2 rings (SSSR count). The number of hydrogen-bond acceptors (Lipinski definition) is 2. The number of aryl methyl sites for hydroxylation is 3. The van der Waals surface area contributed by atoms with E-state index in [-0.39, 0.29) is 0 Å². The molecule has 0 fully saturated rings. The SMILES string of the molecule is Cc1cc2c(C)c(Br)c(C)cc2nc1N. The van der Waals surface area contributed by atoms with Gasteiger partial charge in [-0.1, -0.05) is 15.9 Å². The Morgan fingerprint density at radius 1 is 1.13 bits per heavy atom. The van der Waals surface area contributed by atoms with E-state index in [2.05, 4.69) is 46.9 Å². The highest BCUT2D eigenvalue weighted by Gasteiger charge is 2.07. The molecular formula is C12H13BrN2. The topological polar surface area (TPSA) is 38.9 Å². The molecule has 78 valence electrons. The first-order valence-electron chi connectivity index (χ1n) is 4.83. The minimum Gasteiger partial charge on any atom is -0.383 e. The van der Waals surface area contributed by atoms with Crippen molar-refractivity contribution in [2.45, 2.75) is 20.8 Å². The molecule has 0 bridgehead atoms. The first-order chi connectivity index (χ1) is 7.00. The fourth-order valence-electron chi connectivity index (χ4n) is 1.74. The summed E-state index contributed by atoms with van der Waals surface area (Å²) in [5.41, 5.74) is 10.2. The van der Waals surface area contributed by atoms with Gasteiger partial charge in [-0.3, -0.25) is 0 Å². The van der Waals surface area contributed by atoms with Crippen LogP contribution in [0.15, 0.2) is 16.6 Å². The average molecular weight is 265 g/mol. The fraction of sp³-hybridized carbons (Fsp3) is 0.250. The molecule has 0 saturated heterocycles. The van der Waals surface area contributed by atoms with Crippen molar-refractivity contribution >= 4 is 32.7 Å². The normalized spacial score (nSPS) is 10.9. The number of nitrogen functional groups attached to an aromatic ring is 1. The highest BCUT2D eigenvalue weighted by molar-refractivity contribution is 9.10. The zero-order valence-electron chi connectivity index (χ0n) is 9.06. The number of hydrogen-bond donors (Lipinski definition) is 1. The summed E-state index contributed by atoms with van der Waals surface area (Å²) in [7, 11) is 0. The minimum absolute atomic E-state index is 0.614. The Morgan fingerprint density at radius 3 is 2.47 bits per heavy atom. The molecule has 0 radical (unpaired) electrons. The van der Waals surface area contributed by atoms with Crippen molar-refractivity contribution in [3.8, 4) is 0 Å². The second kappa shape index (κ2) is 3.49. The summed E-state index contributed by atoms with van der Waals surface area (Å²) in [6.07, 6.45) is 0. The van der Waals surface area contributed by atoms with Gasteiger partial charge in [-0.25, -0.2) is 4.98 Å². The molecule has 1 heterocycles. The van der Waals surface area contributed by atoms with E-state index in [1.807, 2.05) is 6.92 Å². The lowest BCUT2D eigenvalue weighted by atomic mass is 10.0. The van der Waals surface area contributed by atoms with Crippen molar-refractivity contribution in [1.29, 1.82) is 0 Å². The summed E-state index contributed by atoms with van der Waals surface area (Å²) < 4.78 is 1.15. The van der Waals surface area contributed by atoms with Crippen LogP contribution in [0.1, 0.15) is 16.7 Å². The smallest absolute Gasteiger partial charge is 0.127 e. The molecule has 2 nitrogen and oxygen atoms in total. The van der Waals surface area contributed by atoms with Crippen LogP contribution in [0, 0.1) is 20.8 Å². The number of rotatable bonds is 0. The molecule has 1 aromatic carbocycles. The van der Waals surface area contributed by atoms with Gasteiger partial charge in [0, 0.05) is 9.86 Å². The molecule has 15 heavy (non-hydrogen) atoms. The molecule has 1 aromatic heterocycles. The van der Waals surface area contributed by atoms with Crippen LogP contribution in [-0.2, 0) is 0 Å². The third-order valence-corrected chi connectivity index (χ3v) is 3.93. The molecule has 2 aromatic rings. The standard InChI is InChI=1S/C12H13BrN2/c1-6-5-10-9(8(3)11(6)13)4-7(2)12(14)15-10/h4-5H,1-3H3,(H2,14,15). The first-order valence-corrected chi connectivity index (χ1v) is 5.62. The number of anilines is 1. The quantitative estimate of drug-likeness (QED) is 0.791. The molecule has 0 spiro atoms. The van der Waals surface area contributed by atoms with E-state index in [4.69, 9.17) is 5.73 Å². The molecular weight excluding hydrogens is 252 g/mol. The third-order valence-electron chi connectivity index (χ3n) is 2.71. The summed E-state index contributed by atoms with van der Waals surface area (Å²) in [5, 5.41) is 1.17. The van der Waals surface area contributed by atoms with Gasteiger partial charge in [0.25, 0.3) is 0 Å². The van der Waals surface area contributed by atoms with E-state index in [1.54, 1.807) is 0 Å². The molecule has 0 atom stereocenters. The number of nitrogens with zero attached hydrogens (tertiary/aromatic N) is 1. The molecule has 3 heteroatoms. The van der Waals surface area contributed by atoms with Gasteiger partial charge in [0.1, 0.15) is 5.82 Å². The molecule has 0 unspecified atom stereocenters. The lowest BCUT2D eigenvalue weighted by Crippen LogP contribution is -1.96. The molecule has 0 aliphatic carbocycles. The summed E-state index contributed by atoms with van der Waals surface area (Å²) in [4.78, 5) is 4.39. The zero-order valence-corrected chi connectivity index (χ0v) is 10.6. The van der Waals surface area contributed by atoms with Crippen molar-refractivity contribution in [2.24, 2.45) is 0 Å². The van der Waals surface area contributed by atoms with Crippen molar-refractivity contribution in [1.82, 2.24) is 4.98 Å². The van der Waals surface area contributed by atoms with Crippen LogP contribution >= 0.6 is 15.9 Å². The minimum atomic E-state index is 0.614. The Labute approximate surface area is 97.6 Å². The lowest BCUT2D eigenvalue weighted by molar-refractivity contribution is 1.30. The maximum absolute atomic E-state index is 5.80. The molecule has 0 amide bonds. The Balaban J connectivity index is 2.93. The number of benzene rings is 1. The Morgan fingerprint density at radius 2 is 1.80 bits per heavy atom. The van der Waals surface area contributed by atoms with Crippen LogP contribution in [0.5, 0.6) is 0 Å². The van der Waals surface area contributed by atoms with E-state index in [0.29, 0.717) is 5.82 Å². The highest BCUT2D eigenvalue weighted by atomic mass is 79.9. The maximum atomic E-state index is 5.80. The van der Waals surface area contributed by atoms with Gasteiger partial charge in [0.2, 0.25) is 0 Å². The Hall–Kier alpha value is -1.09. The van der Waals surface area contributed by atoms with E-state index in [9.17, 15) is 0 Å². The van der Waals surface area contributed by atoms with Crippen molar-refractivity contribution in [3.05, 3.63) is 33.3 Å². The van der Waals surface area contributed by atoms with Gasteiger partial charge in [0.15, 0.2) is 0 Å².